The lowest BCUT2D eigenvalue weighted by atomic mass is 9.74. The van der Waals surface area contributed by atoms with Gasteiger partial charge in [-0.1, -0.05) is 38.1 Å². The van der Waals surface area contributed by atoms with E-state index >= 15 is 0 Å². The monoisotopic (exact) mass is 424 g/mol. The molecule has 4 nitrogen and oxygen atoms in total. The molecule has 2 unspecified atom stereocenters. The Kier molecular flexibility index (Phi) is 6.03. The first-order chi connectivity index (χ1) is 14.4. The Morgan fingerprint density at radius 3 is 2.63 bits per heavy atom. The van der Waals surface area contributed by atoms with Gasteiger partial charge < -0.3 is 0 Å². The van der Waals surface area contributed by atoms with Crippen LogP contribution in [0.2, 0.25) is 0 Å². The number of likely N-dealkylation sites (tertiary alicyclic amines) is 1. The Morgan fingerprint density at radius 2 is 1.93 bits per heavy atom. The molecule has 0 spiro atoms. The zero-order chi connectivity index (χ0) is 21.3. The number of anilines is 1. The molecule has 0 saturated carbocycles. The zero-order valence-electron chi connectivity index (χ0n) is 18.0. The van der Waals surface area contributed by atoms with E-state index in [1.54, 1.807) is 12.1 Å². The van der Waals surface area contributed by atoms with E-state index in [-0.39, 0.29) is 0 Å². The van der Waals surface area contributed by atoms with Crippen LogP contribution in [0.25, 0.3) is 0 Å². The molecular weight excluding hydrogens is 392 g/mol. The molecule has 1 N–H and O–H groups in total. The summed E-state index contributed by atoms with van der Waals surface area (Å²) in [6.45, 7) is 10.2. The first kappa shape index (κ1) is 21.1. The van der Waals surface area contributed by atoms with E-state index in [0.29, 0.717) is 28.5 Å². The highest BCUT2D eigenvalue weighted by Gasteiger charge is 2.36. The first-order valence-corrected chi connectivity index (χ1v) is 12.5. The number of hydrogen-bond donors (Lipinski definition) is 1. The highest BCUT2D eigenvalue weighted by molar-refractivity contribution is 7.92. The summed E-state index contributed by atoms with van der Waals surface area (Å²) >= 11 is 0. The third-order valence-corrected chi connectivity index (χ3v) is 8.02. The quantitative estimate of drug-likeness (QED) is 0.641. The standard InChI is InChI=1S/C25H32N2O2S/c1-4-15-27-16-5-6-23-24-17-21(11-7-20(24)10-14-25(23)27)26-30(28,29)22-12-8-19(9-13-22)18(2)3/h4,7-9,11-13,17-18,23,25-26H,1,5-6,10,14-16H2,2-3H3. The summed E-state index contributed by atoms with van der Waals surface area (Å²) in [6.07, 6.45) is 6.55. The maximum Gasteiger partial charge on any atom is 0.261 e. The summed E-state index contributed by atoms with van der Waals surface area (Å²) in [5, 5.41) is 0. The third-order valence-electron chi connectivity index (χ3n) is 6.62. The summed E-state index contributed by atoms with van der Waals surface area (Å²) in [7, 11) is -3.60. The molecule has 4 rings (SSSR count). The number of rotatable bonds is 6. The number of aryl methyl sites for hydroxylation is 1. The van der Waals surface area contributed by atoms with E-state index in [0.717, 1.165) is 31.5 Å². The van der Waals surface area contributed by atoms with Gasteiger partial charge in [0, 0.05) is 18.3 Å². The summed E-state index contributed by atoms with van der Waals surface area (Å²) in [5.41, 5.74) is 4.47. The highest BCUT2D eigenvalue weighted by Crippen LogP contribution is 2.41. The maximum atomic E-state index is 12.9. The highest BCUT2D eigenvalue weighted by atomic mass is 32.2. The topological polar surface area (TPSA) is 49.4 Å². The smallest absolute Gasteiger partial charge is 0.261 e. The molecular formula is C25H32N2O2S. The fourth-order valence-corrected chi connectivity index (χ4v) is 6.10. The fraction of sp³-hybridized carbons (Fsp3) is 0.440. The Bertz CT molecular complexity index is 1010. The van der Waals surface area contributed by atoms with E-state index < -0.39 is 10.0 Å². The summed E-state index contributed by atoms with van der Waals surface area (Å²) in [5.74, 6) is 0.844. The normalized spacial score (nSPS) is 21.7. The Labute approximate surface area is 181 Å². The molecule has 1 aliphatic carbocycles. The molecule has 5 heteroatoms. The van der Waals surface area contributed by atoms with Crippen molar-refractivity contribution in [1.82, 2.24) is 4.90 Å². The lowest BCUT2D eigenvalue weighted by Gasteiger charge is -2.44. The first-order valence-electron chi connectivity index (χ1n) is 11.0. The van der Waals surface area contributed by atoms with Gasteiger partial charge >= 0.3 is 0 Å². The minimum Gasteiger partial charge on any atom is -0.296 e. The largest absolute Gasteiger partial charge is 0.296 e. The lowest BCUT2D eigenvalue weighted by Crippen LogP contribution is -2.46. The molecule has 1 fully saturated rings. The molecule has 2 aliphatic rings. The predicted molar refractivity (Wildman–Crippen MR) is 124 cm³/mol. The molecule has 0 amide bonds. The maximum absolute atomic E-state index is 12.9. The van der Waals surface area contributed by atoms with Crippen molar-refractivity contribution in [3.05, 3.63) is 71.8 Å². The third kappa shape index (κ3) is 4.19. The number of sulfonamides is 1. The molecule has 2 aromatic carbocycles. The average molecular weight is 425 g/mol. The van der Waals surface area contributed by atoms with Crippen LogP contribution in [0.3, 0.4) is 0 Å². The second kappa shape index (κ2) is 8.56. The molecule has 1 aliphatic heterocycles. The molecule has 2 atom stereocenters. The molecule has 1 heterocycles. The molecule has 1 saturated heterocycles. The van der Waals surface area contributed by atoms with Gasteiger partial charge in [-0.2, -0.15) is 0 Å². The number of fused-ring (bicyclic) bond motifs is 3. The van der Waals surface area contributed by atoms with Crippen molar-refractivity contribution in [2.75, 3.05) is 17.8 Å². The van der Waals surface area contributed by atoms with Crippen LogP contribution in [0.5, 0.6) is 0 Å². The second-order valence-corrected chi connectivity index (χ2v) is 10.6. The van der Waals surface area contributed by atoms with Crippen molar-refractivity contribution in [3.8, 4) is 0 Å². The van der Waals surface area contributed by atoms with Crippen LogP contribution in [-0.4, -0.2) is 32.4 Å². The zero-order valence-corrected chi connectivity index (χ0v) is 18.8. The van der Waals surface area contributed by atoms with Crippen LogP contribution in [0.1, 0.15) is 61.6 Å². The van der Waals surface area contributed by atoms with Gasteiger partial charge in [0.1, 0.15) is 0 Å². The van der Waals surface area contributed by atoms with E-state index in [4.69, 9.17) is 0 Å². The fourth-order valence-electron chi connectivity index (χ4n) is 5.05. The van der Waals surface area contributed by atoms with Crippen molar-refractivity contribution in [2.45, 2.75) is 62.3 Å². The number of nitrogens with one attached hydrogen (secondary N) is 1. The second-order valence-electron chi connectivity index (χ2n) is 8.88. The van der Waals surface area contributed by atoms with Crippen LogP contribution in [-0.2, 0) is 16.4 Å². The molecule has 0 aromatic heterocycles. The van der Waals surface area contributed by atoms with Gasteiger partial charge in [-0.3, -0.25) is 9.62 Å². The van der Waals surface area contributed by atoms with Gasteiger partial charge in [0.05, 0.1) is 4.90 Å². The van der Waals surface area contributed by atoms with Gasteiger partial charge in [0.2, 0.25) is 0 Å². The molecule has 0 radical (unpaired) electrons. The van der Waals surface area contributed by atoms with Crippen LogP contribution < -0.4 is 4.72 Å². The van der Waals surface area contributed by atoms with Crippen LogP contribution in [0.15, 0.2) is 60.0 Å². The summed E-state index contributed by atoms with van der Waals surface area (Å²) in [6, 6.07) is 13.8. The summed E-state index contributed by atoms with van der Waals surface area (Å²) in [4.78, 5) is 2.84. The SMILES string of the molecule is C=CCN1CCCC2c3cc(NS(=O)(=O)c4ccc(C(C)C)cc4)ccc3CCC21. The van der Waals surface area contributed by atoms with Crippen molar-refractivity contribution < 1.29 is 8.42 Å². The molecule has 30 heavy (non-hydrogen) atoms. The van der Waals surface area contributed by atoms with Gasteiger partial charge in [-0.25, -0.2) is 8.42 Å². The van der Waals surface area contributed by atoms with Crippen LogP contribution in [0, 0.1) is 0 Å². The van der Waals surface area contributed by atoms with Crippen molar-refractivity contribution >= 4 is 15.7 Å². The van der Waals surface area contributed by atoms with E-state index in [9.17, 15) is 8.42 Å². The minimum atomic E-state index is -3.60. The van der Waals surface area contributed by atoms with Crippen LogP contribution in [0.4, 0.5) is 5.69 Å². The number of nitrogens with zero attached hydrogens (tertiary/aromatic N) is 1. The summed E-state index contributed by atoms with van der Waals surface area (Å²) < 4.78 is 28.7. The van der Waals surface area contributed by atoms with E-state index in [2.05, 4.69) is 42.2 Å². The Hall–Kier alpha value is -2.11. The lowest BCUT2D eigenvalue weighted by molar-refractivity contribution is 0.126. The van der Waals surface area contributed by atoms with Crippen molar-refractivity contribution in [1.29, 1.82) is 0 Å². The number of hydrogen-bond acceptors (Lipinski definition) is 3. The molecule has 160 valence electrons. The van der Waals surface area contributed by atoms with Crippen molar-refractivity contribution in [2.24, 2.45) is 0 Å². The van der Waals surface area contributed by atoms with Gasteiger partial charge in [0.25, 0.3) is 10.0 Å². The van der Waals surface area contributed by atoms with Gasteiger partial charge in [-0.15, -0.1) is 6.58 Å². The predicted octanol–water partition coefficient (Wildman–Crippen LogP) is 5.29. The Morgan fingerprint density at radius 1 is 1.17 bits per heavy atom. The van der Waals surface area contributed by atoms with E-state index in [1.165, 1.54) is 24.0 Å². The van der Waals surface area contributed by atoms with Gasteiger partial charge in [0.15, 0.2) is 0 Å². The average Bonchev–Trinajstić information content (AvgIpc) is 2.74. The minimum absolute atomic E-state index is 0.303. The molecule has 2 aromatic rings. The van der Waals surface area contributed by atoms with Gasteiger partial charge in [-0.05, 0) is 85.0 Å². The van der Waals surface area contributed by atoms with Crippen LogP contribution >= 0.6 is 0 Å². The Balaban J connectivity index is 1.58. The number of piperidine rings is 1. The molecule has 0 bridgehead atoms. The van der Waals surface area contributed by atoms with Crippen molar-refractivity contribution in [3.63, 3.8) is 0 Å². The van der Waals surface area contributed by atoms with E-state index in [1.807, 2.05) is 24.3 Å². The number of benzene rings is 2.